The van der Waals surface area contributed by atoms with Crippen molar-refractivity contribution < 1.29 is 18.7 Å². The van der Waals surface area contributed by atoms with Gasteiger partial charge < -0.3 is 20.2 Å². The van der Waals surface area contributed by atoms with Crippen LogP contribution in [0.2, 0.25) is 0 Å². The number of nitrogens with two attached hydrogens (primary N) is 1. The van der Waals surface area contributed by atoms with Crippen molar-refractivity contribution in [2.24, 2.45) is 5.73 Å². The van der Waals surface area contributed by atoms with E-state index < -0.39 is 11.7 Å². The maximum absolute atomic E-state index is 12.0. The van der Waals surface area contributed by atoms with Gasteiger partial charge in [0.25, 0.3) is 5.91 Å². The van der Waals surface area contributed by atoms with Crippen LogP contribution in [0.3, 0.4) is 0 Å². The summed E-state index contributed by atoms with van der Waals surface area (Å²) >= 11 is 0. The van der Waals surface area contributed by atoms with Gasteiger partial charge in [0.2, 0.25) is 5.91 Å². The maximum atomic E-state index is 12.0. The Morgan fingerprint density at radius 3 is 2.68 bits per heavy atom. The molecule has 0 atom stereocenters. The second-order valence-electron chi connectivity index (χ2n) is 5.70. The van der Waals surface area contributed by atoms with Crippen molar-refractivity contribution in [3.05, 3.63) is 64.6 Å². The van der Waals surface area contributed by atoms with Crippen molar-refractivity contribution in [3.8, 4) is 17.6 Å². The second-order valence-corrected chi connectivity index (χ2v) is 5.70. The van der Waals surface area contributed by atoms with Crippen LogP contribution in [0.25, 0.3) is 11.1 Å². The number of benzene rings is 2. The summed E-state index contributed by atoms with van der Waals surface area (Å²) in [5.41, 5.74) is 6.52. The van der Waals surface area contributed by atoms with Crippen LogP contribution in [0.1, 0.15) is 10.4 Å². The minimum Gasteiger partial charge on any atom is -0.480 e. The van der Waals surface area contributed by atoms with Gasteiger partial charge in [0, 0.05) is 0 Å². The highest BCUT2D eigenvalue weighted by Crippen LogP contribution is 2.16. The highest BCUT2D eigenvalue weighted by atomic mass is 16.5. The number of fused-ring (bicyclic) bond motifs is 1. The van der Waals surface area contributed by atoms with Gasteiger partial charge in [0.05, 0.1) is 17.6 Å². The Morgan fingerprint density at radius 1 is 1.11 bits per heavy atom. The van der Waals surface area contributed by atoms with Gasteiger partial charge in [-0.25, -0.2) is 4.79 Å². The molecule has 3 N–H and O–H groups in total. The van der Waals surface area contributed by atoms with Crippen molar-refractivity contribution in [2.45, 2.75) is 6.54 Å². The molecule has 0 saturated heterocycles. The molecular formula is C20H17N3O5. The number of ether oxygens (including phenoxy) is 1. The van der Waals surface area contributed by atoms with Gasteiger partial charge in [-0.2, -0.15) is 0 Å². The second kappa shape index (κ2) is 8.60. The molecule has 0 unspecified atom stereocenters. The summed E-state index contributed by atoms with van der Waals surface area (Å²) in [7, 11) is 0. The Balaban J connectivity index is 1.50. The minimum absolute atomic E-state index is 0.0337. The lowest BCUT2D eigenvalue weighted by Crippen LogP contribution is -2.31. The largest absolute Gasteiger partial charge is 0.480 e. The van der Waals surface area contributed by atoms with Gasteiger partial charge in [-0.3, -0.25) is 14.2 Å². The highest BCUT2D eigenvalue weighted by Gasteiger charge is 2.11. The molecule has 0 aliphatic rings. The van der Waals surface area contributed by atoms with E-state index in [2.05, 4.69) is 17.2 Å². The Kier molecular flexibility index (Phi) is 5.77. The molecule has 0 bridgehead atoms. The van der Waals surface area contributed by atoms with Gasteiger partial charge in [0.15, 0.2) is 5.58 Å². The standard InChI is InChI=1S/C20H17N3O5/c21-19(25)14-7-1-3-9-16(14)27-12-6-5-11-22-18(24)13-23-15-8-2-4-10-17(15)28-20(23)26/h1-4,7-10H,11-13H2,(H2,21,25)(H,22,24). The first-order chi connectivity index (χ1) is 13.6. The van der Waals surface area contributed by atoms with E-state index in [0.29, 0.717) is 16.8 Å². The molecule has 2 amide bonds. The quantitative estimate of drug-likeness (QED) is 0.617. The van der Waals surface area contributed by atoms with Crippen LogP contribution in [0.15, 0.2) is 57.7 Å². The Morgan fingerprint density at radius 2 is 1.86 bits per heavy atom. The third-order valence-electron chi connectivity index (χ3n) is 3.83. The topological polar surface area (TPSA) is 117 Å². The number of rotatable bonds is 6. The maximum Gasteiger partial charge on any atom is 0.420 e. The molecule has 0 spiro atoms. The molecule has 1 heterocycles. The average molecular weight is 379 g/mol. The zero-order valence-corrected chi connectivity index (χ0v) is 14.8. The molecule has 0 aliphatic heterocycles. The number of aromatic nitrogens is 1. The van der Waals surface area contributed by atoms with E-state index in [1.807, 2.05) is 0 Å². The first-order valence-electron chi connectivity index (χ1n) is 8.38. The summed E-state index contributed by atoms with van der Waals surface area (Å²) in [6.07, 6.45) is 0. The first-order valence-corrected chi connectivity index (χ1v) is 8.38. The van der Waals surface area contributed by atoms with Crippen LogP contribution in [0.4, 0.5) is 0 Å². The monoisotopic (exact) mass is 379 g/mol. The lowest BCUT2D eigenvalue weighted by molar-refractivity contribution is -0.121. The molecule has 0 aliphatic carbocycles. The minimum atomic E-state index is -0.594. The van der Waals surface area contributed by atoms with Crippen molar-refractivity contribution in [1.29, 1.82) is 0 Å². The molecule has 3 rings (SSSR count). The summed E-state index contributed by atoms with van der Waals surface area (Å²) in [5, 5.41) is 2.60. The zero-order chi connectivity index (χ0) is 19.9. The predicted molar refractivity (Wildman–Crippen MR) is 102 cm³/mol. The third kappa shape index (κ3) is 4.40. The number of amides is 2. The van der Waals surface area contributed by atoms with Gasteiger partial charge in [0.1, 0.15) is 18.9 Å². The number of hydrogen-bond acceptors (Lipinski definition) is 5. The molecule has 28 heavy (non-hydrogen) atoms. The van der Waals surface area contributed by atoms with Crippen LogP contribution in [-0.2, 0) is 11.3 Å². The number of carbonyl (C=O) groups excluding carboxylic acids is 2. The average Bonchev–Trinajstić information content (AvgIpc) is 3.00. The van der Waals surface area contributed by atoms with Gasteiger partial charge in [-0.15, -0.1) is 0 Å². The number of primary amides is 1. The molecule has 0 saturated carbocycles. The molecular weight excluding hydrogens is 362 g/mol. The van der Waals surface area contributed by atoms with Crippen LogP contribution < -0.4 is 21.5 Å². The number of para-hydroxylation sites is 3. The Bertz CT molecular complexity index is 1130. The molecule has 8 nitrogen and oxygen atoms in total. The number of nitrogens with one attached hydrogen (secondary N) is 1. The Hall–Kier alpha value is -3.99. The summed E-state index contributed by atoms with van der Waals surface area (Å²) < 4.78 is 11.7. The van der Waals surface area contributed by atoms with Crippen molar-refractivity contribution in [3.63, 3.8) is 0 Å². The zero-order valence-electron chi connectivity index (χ0n) is 14.8. The number of oxazole rings is 1. The van der Waals surface area contributed by atoms with Gasteiger partial charge in [-0.1, -0.05) is 36.1 Å². The van der Waals surface area contributed by atoms with Crippen molar-refractivity contribution in [2.75, 3.05) is 13.2 Å². The predicted octanol–water partition coefficient (Wildman–Crippen LogP) is 0.892. The van der Waals surface area contributed by atoms with E-state index in [-0.39, 0.29) is 31.2 Å². The molecule has 0 radical (unpaired) electrons. The van der Waals surface area contributed by atoms with Crippen LogP contribution in [0, 0.1) is 11.8 Å². The van der Waals surface area contributed by atoms with Gasteiger partial charge in [-0.05, 0) is 24.3 Å². The summed E-state index contributed by atoms with van der Waals surface area (Å²) in [6.45, 7) is -0.0454. The molecule has 2 aromatic carbocycles. The van der Waals surface area contributed by atoms with E-state index in [0.717, 1.165) is 0 Å². The highest BCUT2D eigenvalue weighted by molar-refractivity contribution is 5.95. The molecule has 3 aromatic rings. The fraction of sp³-hybridized carbons (Fsp3) is 0.150. The van der Waals surface area contributed by atoms with E-state index in [9.17, 15) is 14.4 Å². The SMILES string of the molecule is NC(=O)c1ccccc1OCC#CCNC(=O)Cn1c(=O)oc2ccccc21. The van der Waals surface area contributed by atoms with Crippen LogP contribution >= 0.6 is 0 Å². The molecule has 142 valence electrons. The fourth-order valence-corrected chi connectivity index (χ4v) is 2.53. The molecule has 0 fully saturated rings. The molecule has 1 aromatic heterocycles. The number of nitrogens with zero attached hydrogens (tertiary/aromatic N) is 1. The van der Waals surface area contributed by atoms with Crippen LogP contribution in [-0.4, -0.2) is 29.5 Å². The number of hydrogen-bond donors (Lipinski definition) is 2. The lowest BCUT2D eigenvalue weighted by Gasteiger charge is -2.05. The fourth-order valence-electron chi connectivity index (χ4n) is 2.53. The Labute approximate surface area is 159 Å². The van der Waals surface area contributed by atoms with Crippen molar-refractivity contribution >= 4 is 22.9 Å². The summed E-state index contributed by atoms with van der Waals surface area (Å²) in [6, 6.07) is 13.5. The van der Waals surface area contributed by atoms with E-state index in [1.54, 1.807) is 48.5 Å². The molecule has 8 heteroatoms. The van der Waals surface area contributed by atoms with E-state index in [1.165, 1.54) is 4.57 Å². The first kappa shape index (κ1) is 18.8. The smallest absolute Gasteiger partial charge is 0.420 e. The number of carbonyl (C=O) groups is 2. The third-order valence-corrected chi connectivity index (χ3v) is 3.83. The normalized spacial score (nSPS) is 10.1. The van der Waals surface area contributed by atoms with Crippen LogP contribution in [0.5, 0.6) is 5.75 Å². The van der Waals surface area contributed by atoms with E-state index in [4.69, 9.17) is 14.9 Å². The lowest BCUT2D eigenvalue weighted by atomic mass is 10.2. The van der Waals surface area contributed by atoms with Crippen molar-refractivity contribution in [1.82, 2.24) is 9.88 Å². The van der Waals surface area contributed by atoms with E-state index >= 15 is 0 Å². The van der Waals surface area contributed by atoms with Gasteiger partial charge >= 0.3 is 5.76 Å². The summed E-state index contributed by atoms with van der Waals surface area (Å²) in [5.74, 6) is 4.26. The summed E-state index contributed by atoms with van der Waals surface area (Å²) in [4.78, 5) is 35.2.